The summed E-state index contributed by atoms with van der Waals surface area (Å²) in [4.78, 5) is 12.3. The first-order valence-electron chi connectivity index (χ1n) is 16.6. The Hall–Kier alpha value is -1.21. The van der Waals surface area contributed by atoms with Crippen LogP contribution in [-0.2, 0) is 9.53 Å². The van der Waals surface area contributed by atoms with Crippen molar-refractivity contribution >= 4 is 5.97 Å². The molecular weight excluding hydrogens is 528 g/mol. The molecule has 4 aliphatic rings. The van der Waals surface area contributed by atoms with Gasteiger partial charge in [-0.3, -0.25) is 0 Å². The quantitative estimate of drug-likeness (QED) is 0.160. The minimum Gasteiger partial charge on any atom is -0.462 e. The standard InChI is InChI=1S/C36H60O6/c1-10-13-25-33(7)17-16-26(37)34(8,22-42-28(39)14-11-2)24(33)15-18-35(25,9)32(6)20-23-19-31(4,5)29(40)30(41)36(23,12-3)27(38)21-32/h10-11,14,23-27,29-30,37-38,40-41H,1,12-13,15-22H2,2-9H3/b14-11+/t23?,24?,25?,26-,27+,29-,30-,32-,33-,34+,35+,36-/m0/s1. The van der Waals surface area contributed by atoms with Gasteiger partial charge in [-0.1, -0.05) is 60.6 Å². The highest BCUT2D eigenvalue weighted by Gasteiger charge is 2.69. The van der Waals surface area contributed by atoms with Crippen molar-refractivity contribution in [2.24, 2.45) is 50.2 Å². The monoisotopic (exact) mass is 588 g/mol. The zero-order chi connectivity index (χ0) is 31.5. The maximum Gasteiger partial charge on any atom is 0.330 e. The molecule has 0 heterocycles. The first kappa shape index (κ1) is 33.7. The van der Waals surface area contributed by atoms with Gasteiger partial charge in [-0.05, 0) is 104 Å². The van der Waals surface area contributed by atoms with Gasteiger partial charge in [0.05, 0.1) is 31.0 Å². The van der Waals surface area contributed by atoms with Crippen molar-refractivity contribution in [1.29, 1.82) is 0 Å². The first-order chi connectivity index (χ1) is 19.4. The molecule has 6 heteroatoms. The van der Waals surface area contributed by atoms with Crippen LogP contribution in [0.4, 0.5) is 0 Å². The highest BCUT2D eigenvalue weighted by Crippen LogP contribution is 2.73. The Morgan fingerprint density at radius 2 is 1.60 bits per heavy atom. The molecule has 0 aliphatic heterocycles. The summed E-state index contributed by atoms with van der Waals surface area (Å²) in [6, 6.07) is 0. The van der Waals surface area contributed by atoms with Gasteiger partial charge in [0.15, 0.2) is 0 Å². The van der Waals surface area contributed by atoms with Gasteiger partial charge < -0.3 is 25.2 Å². The number of rotatable bonds is 7. The Morgan fingerprint density at radius 1 is 0.929 bits per heavy atom. The van der Waals surface area contributed by atoms with Crippen LogP contribution in [0.2, 0.25) is 0 Å². The normalized spacial score (nSPS) is 50.5. The summed E-state index contributed by atoms with van der Waals surface area (Å²) < 4.78 is 5.72. The average molecular weight is 589 g/mol. The molecule has 4 saturated carbocycles. The van der Waals surface area contributed by atoms with E-state index in [1.807, 2.05) is 19.9 Å². The third kappa shape index (κ3) is 4.77. The van der Waals surface area contributed by atoms with E-state index in [1.165, 1.54) is 6.08 Å². The Bertz CT molecular complexity index is 1050. The highest BCUT2D eigenvalue weighted by molar-refractivity contribution is 5.81. The summed E-state index contributed by atoms with van der Waals surface area (Å²) in [7, 11) is 0. The van der Waals surface area contributed by atoms with E-state index in [0.29, 0.717) is 19.3 Å². The third-order valence-electron chi connectivity index (χ3n) is 14.2. The van der Waals surface area contributed by atoms with Crippen LogP contribution in [0.5, 0.6) is 0 Å². The van der Waals surface area contributed by atoms with Gasteiger partial charge in [0, 0.05) is 16.9 Å². The molecule has 3 unspecified atom stereocenters. The molecule has 4 aliphatic carbocycles. The van der Waals surface area contributed by atoms with Crippen LogP contribution in [0.1, 0.15) is 113 Å². The molecule has 0 aromatic heterocycles. The number of aliphatic hydroxyl groups is 4. The lowest BCUT2D eigenvalue weighted by atomic mass is 9.35. The average Bonchev–Trinajstić information content (AvgIpc) is 2.91. The van der Waals surface area contributed by atoms with Gasteiger partial charge in [0.25, 0.3) is 0 Å². The second-order valence-corrected chi connectivity index (χ2v) is 16.5. The molecule has 12 atom stereocenters. The zero-order valence-corrected chi connectivity index (χ0v) is 27.7. The number of carbonyl (C=O) groups is 1. The van der Waals surface area contributed by atoms with Crippen molar-refractivity contribution in [3.63, 3.8) is 0 Å². The van der Waals surface area contributed by atoms with E-state index in [1.54, 1.807) is 13.0 Å². The van der Waals surface area contributed by atoms with E-state index in [2.05, 4.69) is 41.2 Å². The van der Waals surface area contributed by atoms with Gasteiger partial charge in [0.1, 0.15) is 0 Å². The lowest BCUT2D eigenvalue weighted by Gasteiger charge is -2.70. The molecular formula is C36H60O6. The van der Waals surface area contributed by atoms with E-state index in [9.17, 15) is 25.2 Å². The van der Waals surface area contributed by atoms with Crippen molar-refractivity contribution in [1.82, 2.24) is 0 Å². The van der Waals surface area contributed by atoms with Crippen LogP contribution in [0.15, 0.2) is 24.8 Å². The van der Waals surface area contributed by atoms with E-state index in [0.717, 1.165) is 38.5 Å². The number of aliphatic hydroxyl groups excluding tert-OH is 4. The number of allylic oxidation sites excluding steroid dienone is 2. The lowest BCUT2D eigenvalue weighted by Crippen LogP contribution is -2.69. The van der Waals surface area contributed by atoms with Gasteiger partial charge in [0.2, 0.25) is 0 Å². The van der Waals surface area contributed by atoms with Crippen molar-refractivity contribution in [3.05, 3.63) is 24.8 Å². The highest BCUT2D eigenvalue weighted by atomic mass is 16.5. The Labute approximate surface area is 255 Å². The predicted octanol–water partition coefficient (Wildman–Crippen LogP) is 6.21. The fourth-order valence-electron chi connectivity index (χ4n) is 11.5. The smallest absolute Gasteiger partial charge is 0.330 e. The first-order valence-corrected chi connectivity index (χ1v) is 16.6. The number of hydrogen-bond donors (Lipinski definition) is 4. The molecule has 0 radical (unpaired) electrons. The molecule has 0 aromatic carbocycles. The summed E-state index contributed by atoms with van der Waals surface area (Å²) in [6.45, 7) is 21.6. The molecule has 0 amide bonds. The Kier molecular flexibility index (Phi) is 9.06. The Balaban J connectivity index is 1.73. The van der Waals surface area contributed by atoms with Crippen molar-refractivity contribution < 1.29 is 30.0 Å². The molecule has 6 nitrogen and oxygen atoms in total. The van der Waals surface area contributed by atoms with Gasteiger partial charge >= 0.3 is 5.97 Å². The van der Waals surface area contributed by atoms with Crippen LogP contribution < -0.4 is 0 Å². The van der Waals surface area contributed by atoms with E-state index < -0.39 is 40.7 Å². The minimum absolute atomic E-state index is 0.0980. The van der Waals surface area contributed by atoms with E-state index in [4.69, 9.17) is 4.74 Å². The maximum absolute atomic E-state index is 12.3. The van der Waals surface area contributed by atoms with Crippen molar-refractivity contribution in [3.8, 4) is 0 Å². The fraction of sp³-hybridized carbons (Fsp3) is 0.861. The van der Waals surface area contributed by atoms with Crippen LogP contribution in [0, 0.1) is 50.2 Å². The topological polar surface area (TPSA) is 107 Å². The molecule has 4 rings (SSSR count). The van der Waals surface area contributed by atoms with E-state index in [-0.39, 0.29) is 46.6 Å². The molecule has 0 saturated heterocycles. The third-order valence-corrected chi connectivity index (χ3v) is 14.2. The van der Waals surface area contributed by atoms with Gasteiger partial charge in [-0.15, -0.1) is 6.58 Å². The number of esters is 1. The summed E-state index contributed by atoms with van der Waals surface area (Å²) >= 11 is 0. The molecule has 4 N–H and O–H groups in total. The largest absolute Gasteiger partial charge is 0.462 e. The SMILES string of the molecule is C=CCC1[C@@]2(C)CC[C@H](O)[C@](C)(COC(=O)/C=C/C)C2CC[C@@]1(C)[C@@]1(C)CC2CC(C)(C)[C@@H](O)[C@H](O)[C@]2(CC)[C@H](O)C1. The number of carbonyl (C=O) groups excluding carboxylic acids is 1. The maximum atomic E-state index is 12.3. The van der Waals surface area contributed by atoms with Crippen molar-refractivity contribution in [2.75, 3.05) is 6.61 Å². The number of hydrogen-bond acceptors (Lipinski definition) is 6. The fourth-order valence-corrected chi connectivity index (χ4v) is 11.5. The van der Waals surface area contributed by atoms with Gasteiger partial charge in [-0.25, -0.2) is 4.79 Å². The summed E-state index contributed by atoms with van der Waals surface area (Å²) in [5, 5.41) is 46.0. The molecule has 4 fully saturated rings. The van der Waals surface area contributed by atoms with Gasteiger partial charge in [-0.2, -0.15) is 0 Å². The van der Waals surface area contributed by atoms with Crippen LogP contribution in [0.25, 0.3) is 0 Å². The molecule has 42 heavy (non-hydrogen) atoms. The van der Waals surface area contributed by atoms with Crippen LogP contribution in [-0.4, -0.2) is 57.4 Å². The molecule has 240 valence electrons. The predicted molar refractivity (Wildman–Crippen MR) is 166 cm³/mol. The number of fused-ring (bicyclic) bond motifs is 2. The van der Waals surface area contributed by atoms with Crippen molar-refractivity contribution in [2.45, 2.75) is 138 Å². The molecule has 0 spiro atoms. The second kappa shape index (κ2) is 11.3. The Morgan fingerprint density at radius 3 is 2.19 bits per heavy atom. The number of ether oxygens (including phenoxy) is 1. The summed E-state index contributed by atoms with van der Waals surface area (Å²) in [5.41, 5.74) is -2.12. The van der Waals surface area contributed by atoms with Crippen LogP contribution in [0.3, 0.4) is 0 Å². The minimum atomic E-state index is -0.952. The lowest BCUT2D eigenvalue weighted by molar-refractivity contribution is -0.269. The zero-order valence-electron chi connectivity index (χ0n) is 27.7. The summed E-state index contributed by atoms with van der Waals surface area (Å²) in [6.07, 6.45) is 9.26. The molecule has 0 bridgehead atoms. The molecule has 0 aromatic rings. The second-order valence-electron chi connectivity index (χ2n) is 16.5. The van der Waals surface area contributed by atoms with E-state index >= 15 is 0 Å². The van der Waals surface area contributed by atoms with Crippen LogP contribution >= 0.6 is 0 Å². The summed E-state index contributed by atoms with van der Waals surface area (Å²) in [5.74, 6) is 0.161.